The van der Waals surface area contributed by atoms with E-state index >= 15 is 0 Å². The molecular weight excluding hydrogens is 308 g/mol. The summed E-state index contributed by atoms with van der Waals surface area (Å²) in [5, 5.41) is 4.18. The van der Waals surface area contributed by atoms with E-state index < -0.39 is 5.41 Å². The largest absolute Gasteiger partial charge is 0.369 e. The number of fused-ring (bicyclic) bond motifs is 1. The van der Waals surface area contributed by atoms with Crippen molar-refractivity contribution in [1.29, 1.82) is 0 Å². The van der Waals surface area contributed by atoms with Gasteiger partial charge in [0, 0.05) is 11.4 Å². The minimum atomic E-state index is -0.643. The average molecular weight is 326 g/mol. The Morgan fingerprint density at radius 1 is 1.26 bits per heavy atom. The summed E-state index contributed by atoms with van der Waals surface area (Å²) in [5.41, 5.74) is 5.93. The van der Waals surface area contributed by atoms with Gasteiger partial charge in [-0.1, -0.05) is 30.3 Å². The second kappa shape index (κ2) is 5.96. The van der Waals surface area contributed by atoms with Crippen molar-refractivity contribution < 1.29 is 4.79 Å². The number of amides is 1. The van der Waals surface area contributed by atoms with Gasteiger partial charge in [-0.3, -0.25) is 4.79 Å². The Kier molecular flexibility index (Phi) is 4.00. The smallest absolute Gasteiger partial charge is 0.224 e. The van der Waals surface area contributed by atoms with E-state index in [4.69, 9.17) is 5.73 Å². The van der Waals surface area contributed by atoms with Crippen LogP contribution in [0.25, 0.3) is 20.7 Å². The zero-order valence-corrected chi connectivity index (χ0v) is 13.9. The molecule has 0 saturated heterocycles. The maximum atomic E-state index is 11.4. The number of nitrogens with one attached hydrogen (secondary N) is 1. The molecule has 23 heavy (non-hydrogen) atoms. The Bertz CT molecular complexity index is 842. The first-order valence-electron chi connectivity index (χ1n) is 7.31. The first-order valence-corrected chi connectivity index (χ1v) is 8.13. The molecule has 0 unspecified atom stereocenters. The van der Waals surface area contributed by atoms with Crippen molar-refractivity contribution in [3.05, 3.63) is 42.7 Å². The quantitative estimate of drug-likeness (QED) is 0.754. The first kappa shape index (κ1) is 15.4. The monoisotopic (exact) mass is 326 g/mol. The number of nitrogens with zero attached hydrogens (tertiary/aromatic N) is 2. The van der Waals surface area contributed by atoms with Gasteiger partial charge in [-0.2, -0.15) is 0 Å². The Labute approximate surface area is 138 Å². The van der Waals surface area contributed by atoms with E-state index in [1.807, 2.05) is 32.0 Å². The molecule has 0 aliphatic carbocycles. The summed E-state index contributed by atoms with van der Waals surface area (Å²) in [4.78, 5) is 22.2. The fourth-order valence-electron chi connectivity index (χ4n) is 2.13. The highest BCUT2D eigenvalue weighted by Gasteiger charge is 2.25. The highest BCUT2D eigenvalue weighted by atomic mass is 32.1. The van der Waals surface area contributed by atoms with Crippen molar-refractivity contribution in [2.45, 2.75) is 13.8 Å². The van der Waals surface area contributed by atoms with Crippen LogP contribution in [0.5, 0.6) is 0 Å². The molecule has 1 aromatic carbocycles. The summed E-state index contributed by atoms with van der Waals surface area (Å²) in [6, 6.07) is 12.2. The lowest BCUT2D eigenvalue weighted by Gasteiger charge is -2.21. The van der Waals surface area contributed by atoms with Gasteiger partial charge in [-0.25, -0.2) is 9.97 Å². The Morgan fingerprint density at radius 3 is 2.70 bits per heavy atom. The van der Waals surface area contributed by atoms with Crippen LogP contribution in [0.4, 0.5) is 5.82 Å². The number of nitrogens with two attached hydrogens (primary N) is 1. The van der Waals surface area contributed by atoms with Crippen LogP contribution in [-0.2, 0) is 4.79 Å². The predicted octanol–water partition coefficient (Wildman–Crippen LogP) is 3.28. The van der Waals surface area contributed by atoms with Crippen molar-refractivity contribution in [3.8, 4) is 10.4 Å². The molecule has 0 fully saturated rings. The molecule has 0 radical (unpaired) electrons. The summed E-state index contributed by atoms with van der Waals surface area (Å²) >= 11 is 1.62. The number of carbonyl (C=O) groups excluding carboxylic acids is 1. The molecule has 5 nitrogen and oxygen atoms in total. The van der Waals surface area contributed by atoms with Gasteiger partial charge in [-0.15, -0.1) is 11.3 Å². The number of benzene rings is 1. The number of thiophene rings is 1. The van der Waals surface area contributed by atoms with Crippen molar-refractivity contribution in [2.75, 3.05) is 11.9 Å². The molecular formula is C17H18N4OS. The molecule has 0 aliphatic heterocycles. The number of carbonyl (C=O) groups is 1. The molecule has 0 saturated carbocycles. The topological polar surface area (TPSA) is 80.9 Å². The molecule has 3 N–H and O–H groups in total. The molecule has 6 heteroatoms. The van der Waals surface area contributed by atoms with Gasteiger partial charge in [0.25, 0.3) is 0 Å². The van der Waals surface area contributed by atoms with Crippen molar-refractivity contribution in [1.82, 2.24) is 9.97 Å². The van der Waals surface area contributed by atoms with Gasteiger partial charge < -0.3 is 11.1 Å². The summed E-state index contributed by atoms with van der Waals surface area (Å²) in [5.74, 6) is 0.383. The minimum absolute atomic E-state index is 0.342. The standard InChI is InChI=1S/C17H18N4OS/c1-17(2,16(18)22)9-19-14-12-8-13(11-6-4-3-5-7-11)23-15(12)21-10-20-14/h3-8,10H,9H2,1-2H3,(H2,18,22)(H,19,20,21). The number of primary amides is 1. The number of rotatable bonds is 5. The maximum absolute atomic E-state index is 11.4. The number of hydrogen-bond donors (Lipinski definition) is 2. The third-order valence-electron chi connectivity index (χ3n) is 3.75. The van der Waals surface area contributed by atoms with E-state index in [-0.39, 0.29) is 5.91 Å². The molecule has 0 aliphatic rings. The van der Waals surface area contributed by atoms with Crippen molar-refractivity contribution in [3.63, 3.8) is 0 Å². The van der Waals surface area contributed by atoms with E-state index in [0.29, 0.717) is 6.54 Å². The first-order chi connectivity index (χ1) is 11.0. The van der Waals surface area contributed by atoms with Crippen molar-refractivity contribution in [2.24, 2.45) is 11.1 Å². The predicted molar refractivity (Wildman–Crippen MR) is 94.3 cm³/mol. The van der Waals surface area contributed by atoms with E-state index in [2.05, 4.69) is 33.5 Å². The highest BCUT2D eigenvalue weighted by Crippen LogP contribution is 2.35. The molecule has 0 bridgehead atoms. The minimum Gasteiger partial charge on any atom is -0.369 e. The van der Waals surface area contributed by atoms with Crippen LogP contribution in [0.2, 0.25) is 0 Å². The number of hydrogen-bond acceptors (Lipinski definition) is 5. The van der Waals surface area contributed by atoms with E-state index in [1.54, 1.807) is 11.3 Å². The summed E-state index contributed by atoms with van der Waals surface area (Å²) in [6.45, 7) is 4.04. The third kappa shape index (κ3) is 3.17. The summed E-state index contributed by atoms with van der Waals surface area (Å²) in [7, 11) is 0. The lowest BCUT2D eigenvalue weighted by Crippen LogP contribution is -2.37. The molecule has 2 heterocycles. The van der Waals surface area contributed by atoms with Crippen LogP contribution < -0.4 is 11.1 Å². The zero-order valence-electron chi connectivity index (χ0n) is 13.0. The lowest BCUT2D eigenvalue weighted by atomic mass is 9.93. The molecule has 2 aromatic heterocycles. The molecule has 0 spiro atoms. The summed E-state index contributed by atoms with van der Waals surface area (Å²) in [6.07, 6.45) is 1.53. The fourth-order valence-corrected chi connectivity index (χ4v) is 3.14. The van der Waals surface area contributed by atoms with Gasteiger partial charge in [0.1, 0.15) is 17.0 Å². The van der Waals surface area contributed by atoms with Crippen LogP contribution in [0.3, 0.4) is 0 Å². The van der Waals surface area contributed by atoms with E-state index in [9.17, 15) is 4.79 Å². The average Bonchev–Trinajstić information content (AvgIpc) is 2.98. The maximum Gasteiger partial charge on any atom is 0.224 e. The van der Waals surface area contributed by atoms with Crippen LogP contribution in [-0.4, -0.2) is 22.4 Å². The second-order valence-corrected chi connectivity index (χ2v) is 7.05. The summed E-state index contributed by atoms with van der Waals surface area (Å²) < 4.78 is 0. The molecule has 118 valence electrons. The third-order valence-corrected chi connectivity index (χ3v) is 4.84. The normalized spacial score (nSPS) is 11.6. The number of aromatic nitrogens is 2. The van der Waals surface area contributed by atoms with Crippen LogP contribution in [0.1, 0.15) is 13.8 Å². The fraction of sp³-hybridized carbons (Fsp3) is 0.235. The van der Waals surface area contributed by atoms with Crippen LogP contribution in [0, 0.1) is 5.41 Å². The highest BCUT2D eigenvalue weighted by molar-refractivity contribution is 7.21. The van der Waals surface area contributed by atoms with Gasteiger partial charge in [-0.05, 0) is 25.5 Å². The Morgan fingerprint density at radius 2 is 2.00 bits per heavy atom. The zero-order chi connectivity index (χ0) is 16.4. The number of anilines is 1. The SMILES string of the molecule is CC(C)(CNc1ncnc2sc(-c3ccccc3)cc12)C(N)=O. The van der Waals surface area contributed by atoms with Gasteiger partial charge in [0.15, 0.2) is 0 Å². The van der Waals surface area contributed by atoms with Crippen LogP contribution in [0.15, 0.2) is 42.7 Å². The Hall–Kier alpha value is -2.47. The lowest BCUT2D eigenvalue weighted by molar-refractivity contribution is -0.125. The van der Waals surface area contributed by atoms with Gasteiger partial charge >= 0.3 is 0 Å². The van der Waals surface area contributed by atoms with Crippen molar-refractivity contribution >= 4 is 33.3 Å². The Balaban J connectivity index is 1.93. The van der Waals surface area contributed by atoms with Gasteiger partial charge in [0.2, 0.25) is 5.91 Å². The van der Waals surface area contributed by atoms with E-state index in [0.717, 1.165) is 26.5 Å². The molecule has 3 rings (SSSR count). The van der Waals surface area contributed by atoms with E-state index in [1.165, 1.54) is 6.33 Å². The second-order valence-electron chi connectivity index (χ2n) is 6.02. The molecule has 0 atom stereocenters. The van der Waals surface area contributed by atoms with Gasteiger partial charge in [0.05, 0.1) is 10.8 Å². The molecule has 3 aromatic rings. The molecule has 1 amide bonds. The van der Waals surface area contributed by atoms with Crippen LogP contribution >= 0.6 is 11.3 Å².